The highest BCUT2D eigenvalue weighted by atomic mass is 16.4. The lowest BCUT2D eigenvalue weighted by Crippen LogP contribution is -2.41. The number of aliphatic carboxylic acids is 2. The van der Waals surface area contributed by atoms with Crippen molar-refractivity contribution >= 4 is 17.7 Å². The van der Waals surface area contributed by atoms with Crippen LogP contribution in [0.2, 0.25) is 0 Å². The molecule has 5 aromatic rings. The summed E-state index contributed by atoms with van der Waals surface area (Å²) in [6.07, 6.45) is 10.7. The van der Waals surface area contributed by atoms with Gasteiger partial charge in [0.25, 0.3) is 0 Å². The molecule has 0 aliphatic carbocycles. The van der Waals surface area contributed by atoms with E-state index < -0.39 is 17.4 Å². The highest BCUT2D eigenvalue weighted by molar-refractivity contribution is 6.10. The van der Waals surface area contributed by atoms with Crippen molar-refractivity contribution in [3.63, 3.8) is 0 Å². The van der Waals surface area contributed by atoms with Crippen LogP contribution in [0.1, 0.15) is 12.1 Å². The monoisotopic (exact) mass is 558 g/mol. The predicted molar refractivity (Wildman–Crippen MR) is 157 cm³/mol. The second kappa shape index (κ2) is 14.5. The predicted octanol–water partition coefficient (Wildman–Crippen LogP) is 5.23. The van der Waals surface area contributed by atoms with Gasteiger partial charge in [-0.25, -0.2) is 0 Å². The van der Waals surface area contributed by atoms with E-state index in [0.717, 1.165) is 28.9 Å². The molecule has 0 aromatic carbocycles. The van der Waals surface area contributed by atoms with E-state index in [2.05, 4.69) is 29.9 Å². The number of pyridine rings is 5. The van der Waals surface area contributed by atoms with Crippen molar-refractivity contribution in [3.8, 4) is 22.8 Å². The minimum atomic E-state index is -1.96. The molecule has 0 unspecified atom stereocenters. The van der Waals surface area contributed by atoms with Gasteiger partial charge in [-0.05, 0) is 66.7 Å². The van der Waals surface area contributed by atoms with Gasteiger partial charge < -0.3 is 10.2 Å². The van der Waals surface area contributed by atoms with Crippen LogP contribution in [0.4, 0.5) is 0 Å². The van der Waals surface area contributed by atoms with Crippen LogP contribution >= 0.6 is 0 Å². The number of rotatable bonds is 5. The number of carboxylic acid groups (broad SMARTS) is 2. The SMILES string of the molecule is O=C(O)C1(C(=O)O)C=CN=C(c2ccccn2)C1.c1ccc(-c2ccccn2)nc1.c1ccc(-c2ccccn2)nc1. The zero-order chi connectivity index (χ0) is 29.6. The Bertz CT molecular complexity index is 1470. The number of hydrogen-bond donors (Lipinski definition) is 2. The van der Waals surface area contributed by atoms with E-state index in [1.165, 1.54) is 6.20 Å². The van der Waals surface area contributed by atoms with Gasteiger partial charge in [-0.15, -0.1) is 0 Å². The summed E-state index contributed by atoms with van der Waals surface area (Å²) in [5.74, 6) is -2.82. The molecule has 42 heavy (non-hydrogen) atoms. The molecular formula is C32H26N6O4. The van der Waals surface area contributed by atoms with Crippen LogP contribution in [0.25, 0.3) is 22.8 Å². The Kier molecular flexibility index (Phi) is 10.0. The lowest BCUT2D eigenvalue weighted by Gasteiger charge is -2.23. The van der Waals surface area contributed by atoms with Crippen LogP contribution in [-0.2, 0) is 9.59 Å². The summed E-state index contributed by atoms with van der Waals surface area (Å²) >= 11 is 0. The molecule has 10 nitrogen and oxygen atoms in total. The Labute approximate surface area is 241 Å². The Hall–Kier alpha value is -5.90. The number of carbonyl (C=O) groups is 2. The molecule has 6 rings (SSSR count). The Morgan fingerprint density at radius 3 is 1.14 bits per heavy atom. The molecule has 0 radical (unpaired) electrons. The lowest BCUT2D eigenvalue weighted by atomic mass is 9.80. The van der Waals surface area contributed by atoms with Crippen LogP contribution in [0.3, 0.4) is 0 Å². The average molecular weight is 559 g/mol. The van der Waals surface area contributed by atoms with E-state index in [4.69, 9.17) is 10.2 Å². The largest absolute Gasteiger partial charge is 0.480 e. The van der Waals surface area contributed by atoms with Gasteiger partial charge in [0.15, 0.2) is 5.41 Å². The highest BCUT2D eigenvalue weighted by Crippen LogP contribution is 2.30. The minimum absolute atomic E-state index is 0.217. The molecule has 0 bridgehead atoms. The first-order valence-corrected chi connectivity index (χ1v) is 12.8. The number of nitrogens with zero attached hydrogens (tertiary/aromatic N) is 6. The van der Waals surface area contributed by atoms with Crippen LogP contribution in [0.5, 0.6) is 0 Å². The van der Waals surface area contributed by atoms with Crippen molar-refractivity contribution in [2.24, 2.45) is 10.4 Å². The zero-order valence-corrected chi connectivity index (χ0v) is 22.3. The molecule has 0 fully saturated rings. The molecule has 208 valence electrons. The second-order valence-corrected chi connectivity index (χ2v) is 8.72. The maximum absolute atomic E-state index is 11.2. The molecule has 5 aromatic heterocycles. The highest BCUT2D eigenvalue weighted by Gasteiger charge is 2.46. The van der Waals surface area contributed by atoms with E-state index in [0.29, 0.717) is 11.4 Å². The maximum Gasteiger partial charge on any atom is 0.325 e. The Balaban J connectivity index is 0.000000149. The molecule has 0 atom stereocenters. The third-order valence-corrected chi connectivity index (χ3v) is 5.94. The van der Waals surface area contributed by atoms with Crippen LogP contribution in [-0.4, -0.2) is 52.8 Å². The molecule has 1 aliphatic heterocycles. The first-order chi connectivity index (χ1) is 20.5. The topological polar surface area (TPSA) is 151 Å². The third kappa shape index (κ3) is 7.60. The Morgan fingerprint density at radius 1 is 0.524 bits per heavy atom. The normalized spacial score (nSPS) is 12.8. The van der Waals surface area contributed by atoms with Crippen molar-refractivity contribution in [1.29, 1.82) is 0 Å². The molecule has 0 spiro atoms. The molecule has 2 N–H and O–H groups in total. The summed E-state index contributed by atoms with van der Waals surface area (Å²) in [5, 5.41) is 18.2. The summed E-state index contributed by atoms with van der Waals surface area (Å²) in [5.41, 5.74) is 2.53. The third-order valence-electron chi connectivity index (χ3n) is 5.94. The van der Waals surface area contributed by atoms with Gasteiger partial charge >= 0.3 is 11.9 Å². The number of carboxylic acids is 2. The van der Waals surface area contributed by atoms with Crippen molar-refractivity contribution in [3.05, 3.63) is 140 Å². The van der Waals surface area contributed by atoms with E-state index in [1.54, 1.807) is 49.2 Å². The smallest absolute Gasteiger partial charge is 0.325 e. The summed E-state index contributed by atoms with van der Waals surface area (Å²) in [7, 11) is 0. The quantitative estimate of drug-likeness (QED) is 0.276. The van der Waals surface area contributed by atoms with E-state index in [-0.39, 0.29) is 6.42 Å². The molecule has 1 aliphatic rings. The van der Waals surface area contributed by atoms with E-state index in [9.17, 15) is 9.59 Å². The number of hydrogen-bond acceptors (Lipinski definition) is 8. The van der Waals surface area contributed by atoms with Gasteiger partial charge in [0.1, 0.15) is 0 Å². The fraction of sp³-hybridized carbons (Fsp3) is 0.0625. The standard InChI is InChI=1S/C12H10N2O4.2C10H8N2/c15-10(16)12(11(17)18)4-6-14-9(7-12)8-3-1-2-5-13-8;2*1-3-7-11-9(5-1)10-6-2-4-8-12-10/h1-6H,7H2,(H,15,16)(H,17,18);2*1-8H. The van der Waals surface area contributed by atoms with Gasteiger partial charge in [-0.2, -0.15) is 0 Å². The van der Waals surface area contributed by atoms with Gasteiger partial charge in [0.2, 0.25) is 0 Å². The van der Waals surface area contributed by atoms with Crippen LogP contribution in [0.15, 0.2) is 139 Å². The van der Waals surface area contributed by atoms with E-state index >= 15 is 0 Å². The first kappa shape index (κ1) is 29.1. The number of aromatic nitrogens is 5. The fourth-order valence-corrected chi connectivity index (χ4v) is 3.76. The van der Waals surface area contributed by atoms with Gasteiger partial charge in [0.05, 0.1) is 34.2 Å². The summed E-state index contributed by atoms with van der Waals surface area (Å²) in [6.45, 7) is 0. The number of aliphatic imine (C=N–C) groups is 1. The molecule has 10 heteroatoms. The van der Waals surface area contributed by atoms with Gasteiger partial charge in [-0.3, -0.25) is 39.5 Å². The van der Waals surface area contributed by atoms with Gasteiger partial charge in [0, 0.05) is 43.6 Å². The minimum Gasteiger partial charge on any atom is -0.480 e. The molecular weight excluding hydrogens is 532 g/mol. The second-order valence-electron chi connectivity index (χ2n) is 8.72. The fourth-order valence-electron chi connectivity index (χ4n) is 3.76. The average Bonchev–Trinajstić information content (AvgIpc) is 3.07. The van der Waals surface area contributed by atoms with Crippen LogP contribution in [0, 0.1) is 5.41 Å². The molecule has 0 amide bonds. The summed E-state index contributed by atoms with van der Waals surface area (Å²) < 4.78 is 0. The molecule has 6 heterocycles. The lowest BCUT2D eigenvalue weighted by molar-refractivity contribution is -0.160. The van der Waals surface area contributed by atoms with Crippen molar-refractivity contribution in [1.82, 2.24) is 24.9 Å². The Morgan fingerprint density at radius 2 is 0.857 bits per heavy atom. The van der Waals surface area contributed by atoms with Crippen LogP contribution < -0.4 is 0 Å². The van der Waals surface area contributed by atoms with Gasteiger partial charge in [-0.1, -0.05) is 30.3 Å². The maximum atomic E-state index is 11.2. The first-order valence-electron chi connectivity index (χ1n) is 12.8. The molecule has 0 saturated heterocycles. The molecule has 0 saturated carbocycles. The van der Waals surface area contributed by atoms with Crippen molar-refractivity contribution in [2.75, 3.05) is 0 Å². The van der Waals surface area contributed by atoms with Crippen molar-refractivity contribution < 1.29 is 19.8 Å². The zero-order valence-electron chi connectivity index (χ0n) is 22.3. The summed E-state index contributed by atoms with van der Waals surface area (Å²) in [6, 6.07) is 28.3. The summed E-state index contributed by atoms with van der Waals surface area (Å²) in [4.78, 5) is 47.2. The van der Waals surface area contributed by atoms with E-state index in [1.807, 2.05) is 72.8 Å². The van der Waals surface area contributed by atoms with Crippen molar-refractivity contribution in [2.45, 2.75) is 6.42 Å².